The molecule has 0 radical (unpaired) electrons. The van der Waals surface area contributed by atoms with Gasteiger partial charge in [0.15, 0.2) is 11.5 Å². The molecule has 1 fully saturated rings. The van der Waals surface area contributed by atoms with Gasteiger partial charge in [-0.05, 0) is 24.8 Å². The van der Waals surface area contributed by atoms with Gasteiger partial charge in [-0.1, -0.05) is 36.4 Å². The molecule has 1 aliphatic rings. The van der Waals surface area contributed by atoms with Crippen LogP contribution >= 0.6 is 0 Å². The lowest BCUT2D eigenvalue weighted by molar-refractivity contribution is 0.352. The van der Waals surface area contributed by atoms with E-state index in [1.807, 2.05) is 24.3 Å². The normalized spacial score (nSPS) is 14.0. The third-order valence-electron chi connectivity index (χ3n) is 4.43. The van der Waals surface area contributed by atoms with Gasteiger partial charge in [0.25, 0.3) is 0 Å². The van der Waals surface area contributed by atoms with Crippen LogP contribution in [0.15, 0.2) is 48.5 Å². The summed E-state index contributed by atoms with van der Waals surface area (Å²) in [5, 5.41) is 1.17. The van der Waals surface area contributed by atoms with Crippen LogP contribution < -0.4 is 9.47 Å². The first-order valence-corrected chi connectivity index (χ1v) is 7.93. The van der Waals surface area contributed by atoms with Gasteiger partial charge in [0, 0.05) is 22.6 Å². The fraction of sp³-hybridized carbons (Fsp3) is 0.250. The number of pyridine rings is 1. The molecular weight excluding hydrogens is 286 g/mol. The largest absolute Gasteiger partial charge is 0.493 e. The van der Waals surface area contributed by atoms with Crippen LogP contribution in [0.3, 0.4) is 0 Å². The first kappa shape index (κ1) is 14.1. The minimum Gasteiger partial charge on any atom is -0.493 e. The van der Waals surface area contributed by atoms with Crippen molar-refractivity contribution in [3.63, 3.8) is 0 Å². The molecule has 1 aliphatic carbocycles. The number of fused-ring (bicyclic) bond motifs is 1. The predicted molar refractivity (Wildman–Crippen MR) is 92.3 cm³/mol. The molecule has 1 heterocycles. The summed E-state index contributed by atoms with van der Waals surface area (Å²) in [5.74, 6) is 2.18. The number of aromatic nitrogens is 1. The Kier molecular flexibility index (Phi) is 3.41. The van der Waals surface area contributed by atoms with E-state index >= 15 is 0 Å². The number of hydrogen-bond acceptors (Lipinski definition) is 3. The van der Waals surface area contributed by atoms with Crippen LogP contribution in [0.4, 0.5) is 0 Å². The van der Waals surface area contributed by atoms with E-state index in [1.54, 1.807) is 14.2 Å². The minimum atomic E-state index is 0.562. The summed E-state index contributed by atoms with van der Waals surface area (Å²) in [6, 6.07) is 16.5. The summed E-state index contributed by atoms with van der Waals surface area (Å²) in [6.45, 7) is 0. The number of nitrogens with zero attached hydrogens (tertiary/aromatic N) is 1. The van der Waals surface area contributed by atoms with Gasteiger partial charge in [-0.25, -0.2) is 4.98 Å². The van der Waals surface area contributed by atoms with Crippen molar-refractivity contribution in [3.8, 4) is 22.8 Å². The van der Waals surface area contributed by atoms with Crippen molar-refractivity contribution in [2.45, 2.75) is 18.8 Å². The average Bonchev–Trinajstić information content (AvgIpc) is 3.45. The molecule has 1 aromatic heterocycles. The Morgan fingerprint density at radius 3 is 2.39 bits per heavy atom. The lowest BCUT2D eigenvalue weighted by Gasteiger charge is -2.16. The van der Waals surface area contributed by atoms with Crippen LogP contribution in [0, 0.1) is 0 Å². The van der Waals surface area contributed by atoms with Gasteiger partial charge in [0.1, 0.15) is 0 Å². The third kappa shape index (κ3) is 2.42. The third-order valence-corrected chi connectivity index (χ3v) is 4.43. The zero-order valence-corrected chi connectivity index (χ0v) is 13.4. The molecular formula is C20H19NO2. The Balaban J connectivity index is 1.95. The van der Waals surface area contributed by atoms with Gasteiger partial charge in [0.05, 0.1) is 25.4 Å². The van der Waals surface area contributed by atoms with E-state index < -0.39 is 0 Å². The molecule has 4 rings (SSSR count). The average molecular weight is 305 g/mol. The topological polar surface area (TPSA) is 31.4 Å². The number of methoxy groups -OCH3 is 2. The molecule has 2 aromatic carbocycles. The van der Waals surface area contributed by atoms with E-state index in [0.29, 0.717) is 5.92 Å². The first-order valence-electron chi connectivity index (χ1n) is 7.93. The standard InChI is InChI=1S/C20H19NO2/c1-22-18-12-17-15(19(14-8-9-14)20(18)23-2)10-11-16(21-17)13-6-4-3-5-7-13/h3-7,10-12,14H,8-9H2,1-2H3. The monoisotopic (exact) mass is 305 g/mol. The molecule has 0 bridgehead atoms. The van der Waals surface area contributed by atoms with Crippen LogP contribution in [-0.2, 0) is 0 Å². The van der Waals surface area contributed by atoms with Gasteiger partial charge in [-0.3, -0.25) is 0 Å². The van der Waals surface area contributed by atoms with Crippen LogP contribution in [-0.4, -0.2) is 19.2 Å². The fourth-order valence-corrected chi connectivity index (χ4v) is 3.17. The van der Waals surface area contributed by atoms with Crippen molar-refractivity contribution in [2.75, 3.05) is 14.2 Å². The summed E-state index contributed by atoms with van der Waals surface area (Å²) >= 11 is 0. The van der Waals surface area contributed by atoms with Gasteiger partial charge in [-0.15, -0.1) is 0 Å². The highest BCUT2D eigenvalue weighted by Crippen LogP contribution is 2.50. The summed E-state index contributed by atoms with van der Waals surface area (Å²) in [6.07, 6.45) is 2.41. The quantitative estimate of drug-likeness (QED) is 0.694. The maximum absolute atomic E-state index is 5.64. The molecule has 3 heteroatoms. The molecule has 3 aromatic rings. The van der Waals surface area contributed by atoms with Crippen LogP contribution in [0.1, 0.15) is 24.3 Å². The Morgan fingerprint density at radius 1 is 0.957 bits per heavy atom. The van der Waals surface area contributed by atoms with Crippen LogP contribution in [0.25, 0.3) is 22.2 Å². The predicted octanol–water partition coefficient (Wildman–Crippen LogP) is 4.80. The molecule has 0 atom stereocenters. The molecule has 0 amide bonds. The fourth-order valence-electron chi connectivity index (χ4n) is 3.17. The summed E-state index contributed by atoms with van der Waals surface area (Å²) in [4.78, 5) is 4.86. The van der Waals surface area contributed by atoms with Crippen molar-refractivity contribution in [1.29, 1.82) is 0 Å². The molecule has 0 N–H and O–H groups in total. The molecule has 0 aliphatic heterocycles. The van der Waals surface area contributed by atoms with Gasteiger partial charge >= 0.3 is 0 Å². The number of ether oxygens (including phenoxy) is 2. The SMILES string of the molecule is COc1cc2nc(-c3ccccc3)ccc2c(C2CC2)c1OC. The number of benzene rings is 2. The first-order chi connectivity index (χ1) is 11.3. The van der Waals surface area contributed by atoms with E-state index in [2.05, 4.69) is 24.3 Å². The molecule has 3 nitrogen and oxygen atoms in total. The second kappa shape index (κ2) is 5.58. The summed E-state index contributed by atoms with van der Waals surface area (Å²) in [7, 11) is 3.39. The van der Waals surface area contributed by atoms with Crippen molar-refractivity contribution in [2.24, 2.45) is 0 Å². The van der Waals surface area contributed by atoms with Crippen molar-refractivity contribution in [1.82, 2.24) is 4.98 Å². The zero-order chi connectivity index (χ0) is 15.8. The van der Waals surface area contributed by atoms with E-state index in [9.17, 15) is 0 Å². The highest BCUT2D eigenvalue weighted by atomic mass is 16.5. The maximum atomic E-state index is 5.64. The Bertz CT molecular complexity index is 854. The molecule has 0 unspecified atom stereocenters. The summed E-state index contributed by atoms with van der Waals surface area (Å²) < 4.78 is 11.2. The molecule has 0 saturated heterocycles. The Hall–Kier alpha value is -2.55. The van der Waals surface area contributed by atoms with E-state index in [-0.39, 0.29) is 0 Å². The van der Waals surface area contributed by atoms with E-state index in [1.165, 1.54) is 23.8 Å². The van der Waals surface area contributed by atoms with Crippen LogP contribution in [0.2, 0.25) is 0 Å². The highest BCUT2D eigenvalue weighted by molar-refractivity contribution is 5.90. The van der Waals surface area contributed by atoms with Gasteiger partial charge < -0.3 is 9.47 Å². The molecule has 1 saturated carbocycles. The second-order valence-electron chi connectivity index (χ2n) is 5.93. The highest BCUT2D eigenvalue weighted by Gasteiger charge is 2.31. The Labute approximate surface area is 135 Å². The molecule has 116 valence electrons. The lowest BCUT2D eigenvalue weighted by Crippen LogP contribution is -1.98. The van der Waals surface area contributed by atoms with Crippen molar-refractivity contribution < 1.29 is 9.47 Å². The molecule has 0 spiro atoms. The smallest absolute Gasteiger partial charge is 0.164 e. The van der Waals surface area contributed by atoms with Crippen LogP contribution in [0.5, 0.6) is 11.5 Å². The zero-order valence-electron chi connectivity index (χ0n) is 13.4. The van der Waals surface area contributed by atoms with Crippen molar-refractivity contribution >= 4 is 10.9 Å². The maximum Gasteiger partial charge on any atom is 0.164 e. The number of hydrogen-bond donors (Lipinski definition) is 0. The summed E-state index contributed by atoms with van der Waals surface area (Å²) in [5.41, 5.74) is 4.31. The lowest BCUT2D eigenvalue weighted by atomic mass is 10.0. The number of rotatable bonds is 4. The van der Waals surface area contributed by atoms with Gasteiger partial charge in [-0.2, -0.15) is 0 Å². The second-order valence-corrected chi connectivity index (χ2v) is 5.93. The minimum absolute atomic E-state index is 0.562. The van der Waals surface area contributed by atoms with Crippen molar-refractivity contribution in [3.05, 3.63) is 54.1 Å². The Morgan fingerprint density at radius 2 is 1.74 bits per heavy atom. The van der Waals surface area contributed by atoms with E-state index in [4.69, 9.17) is 14.5 Å². The van der Waals surface area contributed by atoms with E-state index in [0.717, 1.165) is 28.3 Å². The molecule has 23 heavy (non-hydrogen) atoms. The van der Waals surface area contributed by atoms with Gasteiger partial charge in [0.2, 0.25) is 0 Å².